The quantitative estimate of drug-likeness (QED) is 0.312. The summed E-state index contributed by atoms with van der Waals surface area (Å²) in [5, 5.41) is 18.6. The lowest BCUT2D eigenvalue weighted by Crippen LogP contribution is -2.08. The van der Waals surface area contributed by atoms with Gasteiger partial charge in [-0.1, -0.05) is 23.7 Å². The summed E-state index contributed by atoms with van der Waals surface area (Å²) in [6, 6.07) is 9.04. The number of benzene rings is 3. The van der Waals surface area contributed by atoms with Gasteiger partial charge in [0.25, 0.3) is 20.2 Å². The van der Waals surface area contributed by atoms with Crippen LogP contribution < -0.4 is 0 Å². The summed E-state index contributed by atoms with van der Waals surface area (Å²) < 4.78 is 89.5. The molecule has 3 aromatic rings. The third-order valence-corrected chi connectivity index (χ3v) is 7.83. The molecule has 0 saturated heterocycles. The molecule has 0 radical (unpaired) electrons. The molecule has 0 aromatic heterocycles. The van der Waals surface area contributed by atoms with Gasteiger partial charge in [-0.3, -0.25) is 9.11 Å². The number of phenolic OH excluding ortho intramolecular Hbond substituents is 1. The molecular weight excluding hydrogens is 520 g/mol. The summed E-state index contributed by atoms with van der Waals surface area (Å²) in [4.78, 5) is -2.36. The summed E-state index contributed by atoms with van der Waals surface area (Å²) >= 11 is 5.33. The number of fused-ring (bicyclic) bond motifs is 1. The van der Waals surface area contributed by atoms with Gasteiger partial charge >= 0.3 is 0 Å². The smallest absolute Gasteiger partial charge is 0.295 e. The van der Waals surface area contributed by atoms with E-state index in [4.69, 9.17) is 11.6 Å². The SMILES string of the molecule is O=S(=O)(O)c1cc2ccc(O)c(N=Nc3cccc(S(=O)(=O)C=CCl)c3)c2cc1S(=O)(=O)O. The van der Waals surface area contributed by atoms with Crippen LogP contribution in [0.15, 0.2) is 84.4 Å². The Morgan fingerprint density at radius 2 is 1.45 bits per heavy atom. The molecule has 11 nitrogen and oxygen atoms in total. The highest BCUT2D eigenvalue weighted by Gasteiger charge is 2.26. The Kier molecular flexibility index (Phi) is 6.61. The lowest BCUT2D eigenvalue weighted by Gasteiger charge is -2.09. The van der Waals surface area contributed by atoms with E-state index in [1.165, 1.54) is 24.3 Å². The van der Waals surface area contributed by atoms with Gasteiger partial charge in [0.2, 0.25) is 9.84 Å². The van der Waals surface area contributed by atoms with Gasteiger partial charge in [0.05, 0.1) is 10.6 Å². The van der Waals surface area contributed by atoms with E-state index in [2.05, 4.69) is 10.2 Å². The van der Waals surface area contributed by atoms with Crippen molar-refractivity contribution in [3.8, 4) is 5.75 Å². The van der Waals surface area contributed by atoms with E-state index >= 15 is 0 Å². The van der Waals surface area contributed by atoms with Crippen LogP contribution in [0.25, 0.3) is 10.8 Å². The summed E-state index contributed by atoms with van der Waals surface area (Å²) in [7, 11) is -14.0. The number of hydrogen-bond acceptors (Lipinski definition) is 9. The Morgan fingerprint density at radius 1 is 0.818 bits per heavy atom. The highest BCUT2D eigenvalue weighted by atomic mass is 35.5. The summed E-state index contributed by atoms with van der Waals surface area (Å²) in [6.07, 6.45) is 0. The van der Waals surface area contributed by atoms with E-state index in [-0.39, 0.29) is 27.0 Å². The van der Waals surface area contributed by atoms with Crippen LogP contribution in [-0.4, -0.2) is 39.5 Å². The Balaban J connectivity index is 2.23. The van der Waals surface area contributed by atoms with E-state index < -0.39 is 45.6 Å². The average molecular weight is 533 g/mol. The second-order valence-corrected chi connectivity index (χ2v) is 11.3. The Morgan fingerprint density at radius 3 is 2.06 bits per heavy atom. The van der Waals surface area contributed by atoms with Crippen molar-refractivity contribution in [2.45, 2.75) is 14.7 Å². The van der Waals surface area contributed by atoms with Gasteiger partial charge < -0.3 is 5.11 Å². The summed E-state index contributed by atoms with van der Waals surface area (Å²) in [6.45, 7) is 0. The van der Waals surface area contributed by atoms with Gasteiger partial charge in [-0.05, 0) is 41.8 Å². The van der Waals surface area contributed by atoms with Crippen LogP contribution in [0.5, 0.6) is 5.75 Å². The molecule has 0 saturated carbocycles. The monoisotopic (exact) mass is 532 g/mol. The second kappa shape index (κ2) is 8.81. The fourth-order valence-electron chi connectivity index (χ4n) is 2.79. The first kappa shape index (κ1) is 24.8. The molecule has 0 heterocycles. The molecule has 33 heavy (non-hydrogen) atoms. The van der Waals surface area contributed by atoms with E-state index in [9.17, 15) is 39.5 Å². The van der Waals surface area contributed by atoms with Crippen molar-refractivity contribution in [3.63, 3.8) is 0 Å². The van der Waals surface area contributed by atoms with E-state index in [0.29, 0.717) is 6.07 Å². The first-order valence-corrected chi connectivity index (χ1v) is 13.4. The van der Waals surface area contributed by atoms with Gasteiger partial charge in [0.15, 0.2) is 0 Å². The number of nitrogens with zero attached hydrogens (tertiary/aromatic N) is 2. The van der Waals surface area contributed by atoms with Gasteiger partial charge in [0.1, 0.15) is 21.2 Å². The highest BCUT2D eigenvalue weighted by Crippen LogP contribution is 2.39. The number of phenols is 1. The number of hydrogen-bond donors (Lipinski definition) is 3. The number of rotatable bonds is 6. The first-order valence-electron chi connectivity index (χ1n) is 8.52. The molecule has 0 unspecified atom stereocenters. The van der Waals surface area contributed by atoms with Crippen molar-refractivity contribution in [3.05, 3.63) is 59.5 Å². The van der Waals surface area contributed by atoms with Crippen molar-refractivity contribution in [2.75, 3.05) is 0 Å². The van der Waals surface area contributed by atoms with Gasteiger partial charge in [-0.25, -0.2) is 8.42 Å². The minimum Gasteiger partial charge on any atom is -0.506 e. The molecule has 0 aliphatic heterocycles. The third-order valence-electron chi connectivity index (χ3n) is 4.23. The zero-order chi connectivity index (χ0) is 24.6. The molecule has 0 fully saturated rings. The molecule has 0 amide bonds. The van der Waals surface area contributed by atoms with Crippen LogP contribution in [0.1, 0.15) is 0 Å². The van der Waals surface area contributed by atoms with E-state index in [1.807, 2.05) is 0 Å². The Labute approximate surface area is 193 Å². The van der Waals surface area contributed by atoms with Crippen molar-refractivity contribution in [1.82, 2.24) is 0 Å². The predicted molar refractivity (Wildman–Crippen MR) is 118 cm³/mol. The summed E-state index contributed by atoms with van der Waals surface area (Å²) in [5.74, 6) is -0.485. The maximum atomic E-state index is 12.1. The topological polar surface area (TPSA) is 188 Å². The molecule has 0 aliphatic carbocycles. The van der Waals surface area contributed by atoms with E-state index in [1.54, 1.807) is 0 Å². The van der Waals surface area contributed by atoms with Crippen LogP contribution in [0.4, 0.5) is 11.4 Å². The fraction of sp³-hybridized carbons (Fsp3) is 0. The molecule has 0 bridgehead atoms. The maximum Gasteiger partial charge on any atom is 0.295 e. The molecule has 0 spiro atoms. The van der Waals surface area contributed by atoms with E-state index in [0.717, 1.165) is 29.1 Å². The highest BCUT2D eigenvalue weighted by molar-refractivity contribution is 7.94. The van der Waals surface area contributed by atoms with Gasteiger partial charge in [-0.15, -0.1) is 5.11 Å². The van der Waals surface area contributed by atoms with Crippen LogP contribution in [0.2, 0.25) is 0 Å². The largest absolute Gasteiger partial charge is 0.506 e. The first-order chi connectivity index (χ1) is 15.2. The average Bonchev–Trinajstić information content (AvgIpc) is 2.71. The van der Waals surface area contributed by atoms with Gasteiger partial charge in [0, 0.05) is 16.3 Å². The third kappa shape index (κ3) is 5.38. The lowest BCUT2D eigenvalue weighted by molar-refractivity contribution is 0.466. The van der Waals surface area contributed by atoms with Crippen LogP contribution in [0.3, 0.4) is 0 Å². The molecule has 3 aromatic carbocycles. The zero-order valence-electron chi connectivity index (χ0n) is 16.1. The van der Waals surface area contributed by atoms with Gasteiger partial charge in [-0.2, -0.15) is 21.9 Å². The molecule has 0 atom stereocenters. The minimum absolute atomic E-state index is 0.0327. The molecule has 3 N–H and O–H groups in total. The Hall–Kier alpha value is -2.88. The second-order valence-electron chi connectivity index (χ2n) is 6.41. The number of halogens is 1. The molecular formula is C18H13ClN2O9S3. The molecule has 174 valence electrons. The molecule has 15 heteroatoms. The standard InChI is InChI=1S/C18H13ClN2O9S3/c19-6-7-31(23,24)13-3-1-2-12(9-13)20-21-18-14-10-17(33(28,29)30)16(32(25,26)27)8-11(14)4-5-15(18)22/h1-10,22H,(H,25,26,27)(H,28,29,30). The molecule has 3 rings (SSSR count). The normalized spacial score (nSPS) is 13.3. The lowest BCUT2D eigenvalue weighted by atomic mass is 10.1. The van der Waals surface area contributed by atoms with Crippen molar-refractivity contribution in [2.24, 2.45) is 10.2 Å². The predicted octanol–water partition coefficient (Wildman–Crippen LogP) is 3.94. The number of azo groups is 1. The summed E-state index contributed by atoms with van der Waals surface area (Å²) in [5.41, 5.74) is 0.555. The zero-order valence-corrected chi connectivity index (χ0v) is 19.3. The number of aromatic hydroxyl groups is 1. The van der Waals surface area contributed by atoms with Crippen LogP contribution in [0, 0.1) is 0 Å². The van der Waals surface area contributed by atoms with Crippen molar-refractivity contribution >= 4 is 63.8 Å². The van der Waals surface area contributed by atoms with Crippen LogP contribution >= 0.6 is 11.6 Å². The maximum absolute atomic E-state index is 12.1. The fourth-order valence-corrected chi connectivity index (χ4v) is 5.84. The minimum atomic E-state index is -5.11. The van der Waals surface area contributed by atoms with Crippen molar-refractivity contribution in [1.29, 1.82) is 0 Å². The van der Waals surface area contributed by atoms with Crippen LogP contribution in [-0.2, 0) is 30.1 Å². The Bertz CT molecular complexity index is 1650. The molecule has 0 aliphatic rings. The van der Waals surface area contributed by atoms with Crippen molar-refractivity contribution < 1.29 is 39.5 Å². The number of sulfone groups is 1.